The van der Waals surface area contributed by atoms with E-state index in [1.807, 2.05) is 6.07 Å². The van der Waals surface area contributed by atoms with Gasteiger partial charge in [-0.2, -0.15) is 0 Å². The lowest BCUT2D eigenvalue weighted by atomic mass is 10.3. The van der Waals surface area contributed by atoms with Crippen molar-refractivity contribution >= 4 is 6.29 Å². The van der Waals surface area contributed by atoms with Crippen LogP contribution in [0.3, 0.4) is 0 Å². The molecule has 1 fully saturated rings. The number of carbonyl (C=O) groups is 1. The number of hydrogen-bond donors (Lipinski definition) is 0. The minimum atomic E-state index is 0.444. The van der Waals surface area contributed by atoms with Gasteiger partial charge < -0.3 is 4.42 Å². The molecule has 11 heavy (non-hydrogen) atoms. The van der Waals surface area contributed by atoms with E-state index in [0.717, 1.165) is 18.0 Å². The zero-order valence-corrected chi connectivity index (χ0v) is 6.41. The topological polar surface area (TPSA) is 30.2 Å². The van der Waals surface area contributed by atoms with Crippen molar-refractivity contribution in [2.24, 2.45) is 5.92 Å². The SMILES string of the molecule is C[C@@H]1C[C@@H]1c1ccc(C=O)o1. The molecule has 2 heteroatoms. The molecule has 2 atom stereocenters. The fraction of sp³-hybridized carbons (Fsp3) is 0.444. The second-order valence-corrected chi connectivity index (χ2v) is 3.18. The summed E-state index contributed by atoms with van der Waals surface area (Å²) in [6.45, 7) is 2.19. The Morgan fingerprint density at radius 2 is 2.36 bits per heavy atom. The van der Waals surface area contributed by atoms with Crippen LogP contribution in [-0.4, -0.2) is 6.29 Å². The second-order valence-electron chi connectivity index (χ2n) is 3.18. The largest absolute Gasteiger partial charge is 0.458 e. The number of aldehydes is 1. The van der Waals surface area contributed by atoms with Gasteiger partial charge in [-0.3, -0.25) is 4.79 Å². The van der Waals surface area contributed by atoms with Crippen molar-refractivity contribution in [1.82, 2.24) is 0 Å². The summed E-state index contributed by atoms with van der Waals surface area (Å²) in [6, 6.07) is 3.63. The van der Waals surface area contributed by atoms with Crippen molar-refractivity contribution in [2.75, 3.05) is 0 Å². The minimum Gasteiger partial charge on any atom is -0.458 e. The average Bonchev–Trinajstić information content (AvgIpc) is 2.59. The van der Waals surface area contributed by atoms with Gasteiger partial charge in [0.1, 0.15) is 5.76 Å². The fourth-order valence-corrected chi connectivity index (χ4v) is 1.35. The number of carbonyl (C=O) groups excluding carboxylic acids is 1. The summed E-state index contributed by atoms with van der Waals surface area (Å²) in [7, 11) is 0. The van der Waals surface area contributed by atoms with Gasteiger partial charge in [-0.05, 0) is 24.5 Å². The Hall–Kier alpha value is -1.05. The Kier molecular flexibility index (Phi) is 1.34. The molecule has 2 rings (SSSR count). The highest BCUT2D eigenvalue weighted by Crippen LogP contribution is 2.47. The van der Waals surface area contributed by atoms with E-state index in [0.29, 0.717) is 11.7 Å². The zero-order chi connectivity index (χ0) is 7.84. The van der Waals surface area contributed by atoms with Gasteiger partial charge in [-0.1, -0.05) is 6.92 Å². The number of hydrogen-bond acceptors (Lipinski definition) is 2. The summed E-state index contributed by atoms with van der Waals surface area (Å²) in [6.07, 6.45) is 1.95. The molecule has 58 valence electrons. The van der Waals surface area contributed by atoms with Crippen LogP contribution in [0.1, 0.15) is 35.6 Å². The predicted molar refractivity (Wildman–Crippen MR) is 40.6 cm³/mol. The summed E-state index contributed by atoms with van der Waals surface area (Å²) in [4.78, 5) is 10.3. The third kappa shape index (κ3) is 1.09. The molecule has 1 saturated carbocycles. The van der Waals surface area contributed by atoms with E-state index >= 15 is 0 Å². The first kappa shape index (κ1) is 6.65. The van der Waals surface area contributed by atoms with Gasteiger partial charge in [0.15, 0.2) is 12.0 Å². The van der Waals surface area contributed by atoms with Crippen LogP contribution < -0.4 is 0 Å². The standard InChI is InChI=1S/C9H10O2/c1-6-4-8(6)9-3-2-7(5-10)11-9/h2-3,5-6,8H,4H2,1H3/t6-,8+/m1/s1. The highest BCUT2D eigenvalue weighted by molar-refractivity contribution is 5.70. The van der Waals surface area contributed by atoms with Crippen molar-refractivity contribution in [1.29, 1.82) is 0 Å². The predicted octanol–water partition coefficient (Wildman–Crippen LogP) is 2.22. The van der Waals surface area contributed by atoms with E-state index in [1.165, 1.54) is 6.42 Å². The third-order valence-corrected chi connectivity index (χ3v) is 2.24. The molecule has 1 aliphatic carbocycles. The maximum atomic E-state index is 10.3. The quantitative estimate of drug-likeness (QED) is 0.605. The first-order valence-corrected chi connectivity index (χ1v) is 3.86. The molecule has 0 unspecified atom stereocenters. The summed E-state index contributed by atoms with van der Waals surface area (Å²) in [5.41, 5.74) is 0. The van der Waals surface area contributed by atoms with E-state index < -0.39 is 0 Å². The van der Waals surface area contributed by atoms with Gasteiger partial charge in [-0.25, -0.2) is 0 Å². The van der Waals surface area contributed by atoms with Crippen LogP contribution in [0.5, 0.6) is 0 Å². The molecule has 1 aromatic rings. The molecule has 0 radical (unpaired) electrons. The molecule has 0 spiro atoms. The van der Waals surface area contributed by atoms with E-state index in [-0.39, 0.29) is 0 Å². The van der Waals surface area contributed by atoms with E-state index in [1.54, 1.807) is 6.07 Å². The monoisotopic (exact) mass is 150 g/mol. The maximum Gasteiger partial charge on any atom is 0.185 e. The highest BCUT2D eigenvalue weighted by Gasteiger charge is 2.36. The summed E-state index contributed by atoms with van der Waals surface area (Å²) in [5, 5.41) is 0. The van der Waals surface area contributed by atoms with Crippen LogP contribution in [0.25, 0.3) is 0 Å². The third-order valence-electron chi connectivity index (χ3n) is 2.24. The van der Waals surface area contributed by atoms with Crippen molar-refractivity contribution in [2.45, 2.75) is 19.3 Å². The van der Waals surface area contributed by atoms with Gasteiger partial charge in [0.2, 0.25) is 0 Å². The zero-order valence-electron chi connectivity index (χ0n) is 6.41. The molecule has 1 aliphatic rings. The summed E-state index contributed by atoms with van der Waals surface area (Å²) < 4.78 is 5.26. The van der Waals surface area contributed by atoms with Crippen LogP contribution >= 0.6 is 0 Å². The molecule has 2 nitrogen and oxygen atoms in total. The Morgan fingerprint density at radius 1 is 1.64 bits per heavy atom. The molecule has 0 aromatic carbocycles. The molecule has 0 N–H and O–H groups in total. The van der Waals surface area contributed by atoms with E-state index in [4.69, 9.17) is 4.42 Å². The van der Waals surface area contributed by atoms with Crippen LogP contribution in [0.2, 0.25) is 0 Å². The highest BCUT2D eigenvalue weighted by atomic mass is 16.3. The Bertz CT molecular complexity index is 275. The van der Waals surface area contributed by atoms with Crippen LogP contribution in [0, 0.1) is 5.92 Å². The van der Waals surface area contributed by atoms with Gasteiger partial charge in [0.05, 0.1) is 0 Å². The van der Waals surface area contributed by atoms with Crippen molar-refractivity contribution < 1.29 is 9.21 Å². The smallest absolute Gasteiger partial charge is 0.185 e. The van der Waals surface area contributed by atoms with Gasteiger partial charge in [0.25, 0.3) is 0 Å². The molecule has 0 saturated heterocycles. The lowest BCUT2D eigenvalue weighted by Crippen LogP contribution is -1.74. The lowest BCUT2D eigenvalue weighted by molar-refractivity contribution is 0.109. The van der Waals surface area contributed by atoms with Crippen molar-refractivity contribution in [3.63, 3.8) is 0 Å². The van der Waals surface area contributed by atoms with Crippen molar-refractivity contribution in [3.8, 4) is 0 Å². The van der Waals surface area contributed by atoms with Crippen LogP contribution in [0.4, 0.5) is 0 Å². The summed E-state index contributed by atoms with van der Waals surface area (Å²) >= 11 is 0. The van der Waals surface area contributed by atoms with Crippen LogP contribution in [-0.2, 0) is 0 Å². The first-order valence-electron chi connectivity index (χ1n) is 3.86. The maximum absolute atomic E-state index is 10.3. The van der Waals surface area contributed by atoms with Gasteiger partial charge >= 0.3 is 0 Å². The Labute approximate surface area is 65.2 Å². The molecule has 0 aliphatic heterocycles. The van der Waals surface area contributed by atoms with Gasteiger partial charge in [-0.15, -0.1) is 0 Å². The molecular formula is C9H10O2. The van der Waals surface area contributed by atoms with Crippen molar-refractivity contribution in [3.05, 3.63) is 23.7 Å². The number of furan rings is 1. The summed E-state index contributed by atoms with van der Waals surface area (Å²) in [5.74, 6) is 2.73. The first-order chi connectivity index (χ1) is 5.31. The lowest BCUT2D eigenvalue weighted by Gasteiger charge is -1.87. The average molecular weight is 150 g/mol. The molecular weight excluding hydrogens is 140 g/mol. The molecule has 0 amide bonds. The number of rotatable bonds is 2. The van der Waals surface area contributed by atoms with Gasteiger partial charge in [0, 0.05) is 5.92 Å². The minimum absolute atomic E-state index is 0.444. The second kappa shape index (κ2) is 2.22. The van der Waals surface area contributed by atoms with Crippen LogP contribution in [0.15, 0.2) is 16.5 Å². The molecule has 1 aromatic heterocycles. The molecule has 1 heterocycles. The van der Waals surface area contributed by atoms with E-state index in [2.05, 4.69) is 6.92 Å². The molecule has 0 bridgehead atoms. The fourth-order valence-electron chi connectivity index (χ4n) is 1.35. The Morgan fingerprint density at radius 3 is 2.82 bits per heavy atom. The Balaban J connectivity index is 2.19. The van der Waals surface area contributed by atoms with E-state index in [9.17, 15) is 4.79 Å². The normalized spacial score (nSPS) is 28.5.